The van der Waals surface area contributed by atoms with Crippen LogP contribution < -0.4 is 10.0 Å². The maximum absolute atomic E-state index is 11.9. The predicted octanol–water partition coefficient (Wildman–Crippen LogP) is 4.28. The summed E-state index contributed by atoms with van der Waals surface area (Å²) in [5, 5.41) is 3.61. The Morgan fingerprint density at radius 1 is 1.09 bits per heavy atom. The first-order chi connectivity index (χ1) is 10.5. The predicted molar refractivity (Wildman–Crippen MR) is 93.2 cm³/mol. The number of amides is 1. The lowest BCUT2D eigenvalue weighted by Gasteiger charge is -2.09. The Morgan fingerprint density at radius 3 is 2.32 bits per heavy atom. The van der Waals surface area contributed by atoms with Gasteiger partial charge in [0.15, 0.2) is 0 Å². The van der Waals surface area contributed by atoms with Crippen LogP contribution in [0.2, 0.25) is 5.02 Å². The van der Waals surface area contributed by atoms with E-state index in [2.05, 4.69) is 10.0 Å². The lowest BCUT2D eigenvalue weighted by Crippen LogP contribution is -2.30. The van der Waals surface area contributed by atoms with E-state index in [1.807, 2.05) is 62.4 Å². The van der Waals surface area contributed by atoms with Gasteiger partial charge in [-0.05, 0) is 67.8 Å². The SMILES string of the molecule is CC(C)NC(=O)c1ccc(CNSc2ccc(Cl)cc2)cc1. The Kier molecular flexibility index (Phi) is 6.31. The highest BCUT2D eigenvalue weighted by Gasteiger charge is 2.06. The first-order valence-electron chi connectivity index (χ1n) is 7.09. The smallest absolute Gasteiger partial charge is 0.251 e. The Bertz CT molecular complexity index is 612. The lowest BCUT2D eigenvalue weighted by molar-refractivity contribution is 0.0943. The van der Waals surface area contributed by atoms with Crippen LogP contribution in [-0.4, -0.2) is 11.9 Å². The molecular formula is C17H19ClN2OS. The molecular weight excluding hydrogens is 316 g/mol. The number of halogens is 1. The third kappa shape index (κ3) is 5.37. The van der Waals surface area contributed by atoms with Crippen molar-refractivity contribution in [3.8, 4) is 0 Å². The van der Waals surface area contributed by atoms with Gasteiger partial charge in [-0.3, -0.25) is 9.52 Å². The minimum Gasteiger partial charge on any atom is -0.350 e. The first-order valence-corrected chi connectivity index (χ1v) is 8.29. The van der Waals surface area contributed by atoms with Crippen molar-refractivity contribution < 1.29 is 4.79 Å². The number of nitrogens with one attached hydrogen (secondary N) is 2. The summed E-state index contributed by atoms with van der Waals surface area (Å²) in [4.78, 5) is 13.0. The number of hydrogen-bond acceptors (Lipinski definition) is 3. The summed E-state index contributed by atoms with van der Waals surface area (Å²) in [6.07, 6.45) is 0. The molecule has 5 heteroatoms. The molecule has 0 aromatic heterocycles. The van der Waals surface area contributed by atoms with Crippen LogP contribution in [0.3, 0.4) is 0 Å². The first kappa shape index (κ1) is 16.9. The quantitative estimate of drug-likeness (QED) is 0.775. The normalized spacial score (nSPS) is 10.7. The molecule has 0 unspecified atom stereocenters. The van der Waals surface area contributed by atoms with Gasteiger partial charge in [0.1, 0.15) is 0 Å². The average Bonchev–Trinajstić information content (AvgIpc) is 2.49. The third-order valence-corrected chi connectivity index (χ3v) is 3.96. The lowest BCUT2D eigenvalue weighted by atomic mass is 10.1. The van der Waals surface area contributed by atoms with Crippen molar-refractivity contribution in [2.75, 3.05) is 0 Å². The standard InChI is InChI=1S/C17H19ClN2OS/c1-12(2)20-17(21)14-5-3-13(4-6-14)11-19-22-16-9-7-15(18)8-10-16/h3-10,12,19H,11H2,1-2H3,(H,20,21). The van der Waals surface area contributed by atoms with Gasteiger partial charge in [0, 0.05) is 28.1 Å². The second-order valence-electron chi connectivity index (χ2n) is 5.20. The van der Waals surface area contributed by atoms with E-state index < -0.39 is 0 Å². The number of carbonyl (C=O) groups is 1. The molecule has 2 aromatic rings. The fourth-order valence-electron chi connectivity index (χ4n) is 1.82. The summed E-state index contributed by atoms with van der Waals surface area (Å²) in [5.74, 6) is -0.0370. The molecule has 2 N–H and O–H groups in total. The molecule has 0 bridgehead atoms. The van der Waals surface area contributed by atoms with E-state index in [0.717, 1.165) is 22.0 Å². The highest BCUT2D eigenvalue weighted by atomic mass is 35.5. The highest BCUT2D eigenvalue weighted by Crippen LogP contribution is 2.18. The number of rotatable bonds is 6. The van der Waals surface area contributed by atoms with Crippen LogP contribution in [0.1, 0.15) is 29.8 Å². The van der Waals surface area contributed by atoms with Crippen LogP contribution in [0.5, 0.6) is 0 Å². The molecule has 0 aliphatic heterocycles. The minimum atomic E-state index is -0.0370. The molecule has 116 valence electrons. The third-order valence-electron chi connectivity index (χ3n) is 2.92. The molecule has 0 aliphatic carbocycles. The van der Waals surface area contributed by atoms with Gasteiger partial charge in [-0.1, -0.05) is 23.7 Å². The van der Waals surface area contributed by atoms with E-state index in [1.165, 1.54) is 0 Å². The molecule has 2 aromatic carbocycles. The van der Waals surface area contributed by atoms with Gasteiger partial charge in [-0.2, -0.15) is 0 Å². The Morgan fingerprint density at radius 2 is 1.73 bits per heavy atom. The van der Waals surface area contributed by atoms with Crippen LogP contribution in [0, 0.1) is 0 Å². The molecule has 0 radical (unpaired) electrons. The van der Waals surface area contributed by atoms with E-state index in [4.69, 9.17) is 11.6 Å². The van der Waals surface area contributed by atoms with Gasteiger partial charge >= 0.3 is 0 Å². The molecule has 22 heavy (non-hydrogen) atoms. The van der Waals surface area contributed by atoms with Crippen molar-refractivity contribution in [2.24, 2.45) is 0 Å². The molecule has 0 aliphatic rings. The molecule has 0 spiro atoms. The maximum Gasteiger partial charge on any atom is 0.251 e. The van der Waals surface area contributed by atoms with Crippen LogP contribution in [-0.2, 0) is 6.54 Å². The largest absolute Gasteiger partial charge is 0.350 e. The maximum atomic E-state index is 11.9. The Balaban J connectivity index is 1.83. The second-order valence-corrected chi connectivity index (χ2v) is 6.60. The van der Waals surface area contributed by atoms with Crippen molar-refractivity contribution in [1.29, 1.82) is 0 Å². The average molecular weight is 335 g/mol. The van der Waals surface area contributed by atoms with Crippen LogP contribution in [0.4, 0.5) is 0 Å². The Labute approximate surface area is 140 Å². The van der Waals surface area contributed by atoms with E-state index in [9.17, 15) is 4.79 Å². The summed E-state index contributed by atoms with van der Waals surface area (Å²) in [5.41, 5.74) is 1.81. The van der Waals surface area contributed by atoms with Crippen LogP contribution in [0.25, 0.3) is 0 Å². The summed E-state index contributed by atoms with van der Waals surface area (Å²) < 4.78 is 3.29. The molecule has 2 rings (SSSR count). The highest BCUT2D eigenvalue weighted by molar-refractivity contribution is 7.97. The van der Waals surface area contributed by atoms with Gasteiger partial charge in [-0.25, -0.2) is 0 Å². The zero-order valence-electron chi connectivity index (χ0n) is 12.6. The van der Waals surface area contributed by atoms with Crippen LogP contribution in [0.15, 0.2) is 53.4 Å². The van der Waals surface area contributed by atoms with E-state index in [0.29, 0.717) is 5.56 Å². The number of benzene rings is 2. The Hall–Kier alpha value is -1.49. The fourth-order valence-corrected chi connectivity index (χ4v) is 2.63. The number of carbonyl (C=O) groups excluding carboxylic acids is 1. The molecule has 0 saturated heterocycles. The molecule has 0 fully saturated rings. The van der Waals surface area contributed by atoms with Gasteiger partial charge < -0.3 is 5.32 Å². The van der Waals surface area contributed by atoms with Crippen molar-refractivity contribution >= 4 is 29.5 Å². The van der Waals surface area contributed by atoms with E-state index >= 15 is 0 Å². The van der Waals surface area contributed by atoms with Crippen molar-refractivity contribution in [3.63, 3.8) is 0 Å². The fraction of sp³-hybridized carbons (Fsp3) is 0.235. The van der Waals surface area contributed by atoms with Crippen molar-refractivity contribution in [1.82, 2.24) is 10.0 Å². The van der Waals surface area contributed by atoms with Gasteiger partial charge in [0.25, 0.3) is 5.91 Å². The summed E-state index contributed by atoms with van der Waals surface area (Å²) in [6.45, 7) is 4.62. The summed E-state index contributed by atoms with van der Waals surface area (Å²) in [6, 6.07) is 15.4. The van der Waals surface area contributed by atoms with Crippen molar-refractivity contribution in [3.05, 3.63) is 64.7 Å². The molecule has 3 nitrogen and oxygen atoms in total. The van der Waals surface area contributed by atoms with E-state index in [-0.39, 0.29) is 11.9 Å². The monoisotopic (exact) mass is 334 g/mol. The second kappa shape index (κ2) is 8.22. The van der Waals surface area contributed by atoms with Crippen molar-refractivity contribution in [2.45, 2.75) is 31.3 Å². The summed E-state index contributed by atoms with van der Waals surface area (Å²) >= 11 is 7.41. The zero-order valence-corrected chi connectivity index (χ0v) is 14.2. The van der Waals surface area contributed by atoms with Crippen LogP contribution >= 0.6 is 23.5 Å². The van der Waals surface area contributed by atoms with Gasteiger partial charge in [-0.15, -0.1) is 0 Å². The topological polar surface area (TPSA) is 41.1 Å². The van der Waals surface area contributed by atoms with Gasteiger partial charge in [0.2, 0.25) is 0 Å². The van der Waals surface area contributed by atoms with E-state index in [1.54, 1.807) is 11.9 Å². The molecule has 0 heterocycles. The zero-order chi connectivity index (χ0) is 15.9. The molecule has 0 atom stereocenters. The summed E-state index contributed by atoms with van der Waals surface area (Å²) in [7, 11) is 0. The minimum absolute atomic E-state index is 0.0370. The van der Waals surface area contributed by atoms with Gasteiger partial charge in [0.05, 0.1) is 0 Å². The molecule has 1 amide bonds. The number of hydrogen-bond donors (Lipinski definition) is 2. The molecule has 0 saturated carbocycles.